The molecule has 0 saturated heterocycles. The second-order valence-electron chi connectivity index (χ2n) is 18.8. The van der Waals surface area contributed by atoms with Crippen molar-refractivity contribution in [3.05, 3.63) is 0 Å². The topological polar surface area (TPSA) is 52.6 Å². The molecule has 8 saturated carbocycles. The summed E-state index contributed by atoms with van der Waals surface area (Å²) in [6.45, 7) is 18.2. The number of carbonyl (C=O) groups excluding carboxylic acids is 2. The Morgan fingerprint density at radius 1 is 0.805 bits per heavy atom. The van der Waals surface area contributed by atoms with Crippen LogP contribution >= 0.6 is 0 Å². The largest absolute Gasteiger partial charge is 0.459 e. The summed E-state index contributed by atoms with van der Waals surface area (Å²) >= 11 is 0. The van der Waals surface area contributed by atoms with E-state index >= 15 is 0 Å². The second-order valence-corrected chi connectivity index (χ2v) is 18.8. The van der Waals surface area contributed by atoms with Crippen molar-refractivity contribution in [1.29, 1.82) is 0 Å². The molecular formula is C37H60O4. The third-order valence-electron chi connectivity index (χ3n) is 13.7. The monoisotopic (exact) mass is 568 g/mol. The SMILES string of the molecule is CCCCC(C(=O)OC12CC3CC(C1)CC(C(=O)OC(C)(C)C14CC5CC(CC(C5)C(C)(C)C1)C4)(C3)C2)C(C)(C)C. The minimum atomic E-state index is -0.491. The van der Waals surface area contributed by atoms with Crippen LogP contribution in [-0.4, -0.2) is 23.1 Å². The van der Waals surface area contributed by atoms with Gasteiger partial charge in [0.1, 0.15) is 11.2 Å². The van der Waals surface area contributed by atoms with Crippen molar-refractivity contribution in [3.8, 4) is 0 Å². The third-order valence-corrected chi connectivity index (χ3v) is 13.7. The molecule has 8 aliphatic rings. The number of fused-ring (bicyclic) bond motifs is 1. The van der Waals surface area contributed by atoms with Crippen molar-refractivity contribution in [2.45, 2.75) is 163 Å². The zero-order chi connectivity index (χ0) is 29.6. The van der Waals surface area contributed by atoms with Crippen LogP contribution in [0.5, 0.6) is 0 Å². The van der Waals surface area contributed by atoms with Crippen LogP contribution in [0.2, 0.25) is 0 Å². The van der Waals surface area contributed by atoms with Crippen molar-refractivity contribution in [2.24, 2.45) is 57.2 Å². The van der Waals surface area contributed by atoms with Crippen molar-refractivity contribution in [2.75, 3.05) is 0 Å². The van der Waals surface area contributed by atoms with Crippen LogP contribution in [0, 0.1) is 57.2 Å². The molecule has 232 valence electrons. The molecule has 8 aliphatic carbocycles. The lowest BCUT2D eigenvalue weighted by atomic mass is 9.47. The molecule has 0 N–H and O–H groups in total. The molecule has 8 bridgehead atoms. The van der Waals surface area contributed by atoms with Crippen molar-refractivity contribution in [3.63, 3.8) is 0 Å². The zero-order valence-electron chi connectivity index (χ0n) is 27.7. The second kappa shape index (κ2) is 9.72. The molecule has 8 fully saturated rings. The molecule has 5 unspecified atom stereocenters. The summed E-state index contributed by atoms with van der Waals surface area (Å²) in [7, 11) is 0. The summed E-state index contributed by atoms with van der Waals surface area (Å²) in [4.78, 5) is 28.3. The lowest BCUT2D eigenvalue weighted by molar-refractivity contribution is -0.229. The van der Waals surface area contributed by atoms with Gasteiger partial charge in [0.15, 0.2) is 0 Å². The van der Waals surface area contributed by atoms with Gasteiger partial charge in [0.05, 0.1) is 11.3 Å². The molecule has 0 radical (unpaired) electrons. The van der Waals surface area contributed by atoms with Crippen LogP contribution in [0.1, 0.15) is 152 Å². The molecule has 0 heterocycles. The normalized spacial score (nSPS) is 43.1. The number of hydrogen-bond acceptors (Lipinski definition) is 4. The van der Waals surface area contributed by atoms with Crippen molar-refractivity contribution >= 4 is 11.9 Å². The quantitative estimate of drug-likeness (QED) is 0.274. The fourth-order valence-electron chi connectivity index (χ4n) is 12.2. The van der Waals surface area contributed by atoms with E-state index in [0.717, 1.165) is 62.7 Å². The molecule has 4 nitrogen and oxygen atoms in total. The van der Waals surface area contributed by atoms with E-state index in [0.29, 0.717) is 23.7 Å². The highest BCUT2D eigenvalue weighted by Crippen LogP contribution is 2.68. The first-order valence-corrected chi connectivity index (χ1v) is 17.5. The van der Waals surface area contributed by atoms with Gasteiger partial charge in [-0.15, -0.1) is 0 Å². The molecule has 0 aromatic rings. The Morgan fingerprint density at radius 3 is 1.95 bits per heavy atom. The highest BCUT2D eigenvalue weighted by atomic mass is 16.6. The van der Waals surface area contributed by atoms with Crippen LogP contribution in [0.3, 0.4) is 0 Å². The lowest BCUT2D eigenvalue weighted by Gasteiger charge is -2.61. The minimum Gasteiger partial charge on any atom is -0.459 e. The molecule has 8 rings (SSSR count). The molecule has 41 heavy (non-hydrogen) atoms. The summed E-state index contributed by atoms with van der Waals surface area (Å²) in [5, 5.41) is 0. The maximum atomic E-state index is 14.6. The van der Waals surface area contributed by atoms with E-state index in [1.807, 2.05) is 0 Å². The van der Waals surface area contributed by atoms with E-state index in [1.54, 1.807) is 0 Å². The number of esters is 2. The van der Waals surface area contributed by atoms with Gasteiger partial charge >= 0.3 is 11.9 Å². The molecule has 5 atom stereocenters. The fraction of sp³-hybridized carbons (Fsp3) is 0.946. The smallest absolute Gasteiger partial charge is 0.312 e. The number of unbranched alkanes of at least 4 members (excludes halogenated alkanes) is 1. The standard InChI is InChI=1S/C37H60O4/c1-9-10-11-29(32(2,3)4)30(38)40-37-20-26-13-27(21-37)17-35(16-26,23-37)31(39)41-34(7,8)36-18-24-12-25(19-36)15-28(14-24)33(5,6)22-36/h24-29H,9-23H2,1-8H3. The van der Waals surface area contributed by atoms with Crippen LogP contribution in [0.25, 0.3) is 0 Å². The maximum Gasteiger partial charge on any atom is 0.312 e. The van der Waals surface area contributed by atoms with Gasteiger partial charge in [0.2, 0.25) is 0 Å². The summed E-state index contributed by atoms with van der Waals surface area (Å²) in [6, 6.07) is 0. The summed E-state index contributed by atoms with van der Waals surface area (Å²) in [5.74, 6) is 3.23. The molecule has 0 aromatic heterocycles. The molecule has 0 aromatic carbocycles. The molecular weight excluding hydrogens is 508 g/mol. The van der Waals surface area contributed by atoms with Gasteiger partial charge in [-0.05, 0) is 131 Å². The highest BCUT2D eigenvalue weighted by Gasteiger charge is 2.65. The minimum absolute atomic E-state index is 0.0245. The summed E-state index contributed by atoms with van der Waals surface area (Å²) in [5.41, 5.74) is -1.22. The number of hydrogen-bond donors (Lipinski definition) is 0. The number of rotatable bonds is 8. The van der Waals surface area contributed by atoms with Gasteiger partial charge < -0.3 is 9.47 Å². The Morgan fingerprint density at radius 2 is 1.39 bits per heavy atom. The van der Waals surface area contributed by atoms with E-state index in [2.05, 4.69) is 55.4 Å². The van der Waals surface area contributed by atoms with Crippen LogP contribution in [0.15, 0.2) is 0 Å². The van der Waals surface area contributed by atoms with E-state index in [4.69, 9.17) is 9.47 Å². The Hall–Kier alpha value is -1.06. The van der Waals surface area contributed by atoms with Crippen LogP contribution < -0.4 is 0 Å². The third kappa shape index (κ3) is 5.11. The van der Waals surface area contributed by atoms with Crippen LogP contribution in [0.4, 0.5) is 0 Å². The van der Waals surface area contributed by atoms with Gasteiger partial charge in [0, 0.05) is 11.8 Å². The predicted octanol–water partition coefficient (Wildman–Crippen LogP) is 9.29. The average molecular weight is 569 g/mol. The molecule has 4 heteroatoms. The number of ether oxygens (including phenoxy) is 2. The predicted molar refractivity (Wildman–Crippen MR) is 163 cm³/mol. The first-order valence-electron chi connectivity index (χ1n) is 17.5. The Kier molecular flexibility index (Phi) is 7.11. The lowest BCUT2D eigenvalue weighted by Crippen LogP contribution is -2.62. The van der Waals surface area contributed by atoms with Gasteiger partial charge in [-0.3, -0.25) is 9.59 Å². The summed E-state index contributed by atoms with van der Waals surface area (Å²) in [6.07, 6.45) is 16.3. The first-order chi connectivity index (χ1) is 19.0. The Bertz CT molecular complexity index is 1020. The van der Waals surface area contributed by atoms with E-state index in [9.17, 15) is 9.59 Å². The van der Waals surface area contributed by atoms with Gasteiger partial charge in [-0.2, -0.15) is 0 Å². The average Bonchev–Trinajstić information content (AvgIpc) is 2.93. The molecule has 0 amide bonds. The van der Waals surface area contributed by atoms with Gasteiger partial charge in [0.25, 0.3) is 0 Å². The highest BCUT2D eigenvalue weighted by molar-refractivity contribution is 5.79. The van der Waals surface area contributed by atoms with Crippen molar-refractivity contribution in [1.82, 2.24) is 0 Å². The van der Waals surface area contributed by atoms with E-state index < -0.39 is 16.6 Å². The van der Waals surface area contributed by atoms with E-state index in [-0.39, 0.29) is 28.7 Å². The number of carbonyl (C=O) groups is 2. The maximum absolute atomic E-state index is 14.6. The van der Waals surface area contributed by atoms with Crippen molar-refractivity contribution < 1.29 is 19.1 Å². The molecule has 0 aliphatic heterocycles. The van der Waals surface area contributed by atoms with E-state index in [1.165, 1.54) is 44.9 Å². The zero-order valence-corrected chi connectivity index (χ0v) is 27.7. The first kappa shape index (κ1) is 30.0. The van der Waals surface area contributed by atoms with Crippen LogP contribution in [-0.2, 0) is 19.1 Å². The Labute approximate surface area is 250 Å². The van der Waals surface area contributed by atoms with Gasteiger partial charge in [-0.25, -0.2) is 0 Å². The molecule has 0 spiro atoms. The Balaban J connectivity index is 1.23. The summed E-state index contributed by atoms with van der Waals surface area (Å²) < 4.78 is 13.5. The fourth-order valence-corrected chi connectivity index (χ4v) is 12.2. The van der Waals surface area contributed by atoms with Gasteiger partial charge in [-0.1, -0.05) is 54.4 Å².